The Morgan fingerprint density at radius 2 is 1.42 bits per heavy atom. The van der Waals surface area contributed by atoms with E-state index in [1.165, 1.54) is 12.1 Å². The van der Waals surface area contributed by atoms with E-state index in [9.17, 15) is 0 Å². The van der Waals surface area contributed by atoms with Crippen molar-refractivity contribution in [3.63, 3.8) is 0 Å². The first-order valence-corrected chi connectivity index (χ1v) is 7.00. The lowest BCUT2D eigenvalue weighted by atomic mass is 10.6. The third-order valence-corrected chi connectivity index (χ3v) is 6.17. The van der Waals surface area contributed by atoms with Gasteiger partial charge in [-0.15, -0.1) is 0 Å². The summed E-state index contributed by atoms with van der Waals surface area (Å²) in [4.78, 5) is 0. The average molecular weight is 190 g/mol. The number of hydrogen-bond acceptors (Lipinski definition) is 2. The van der Waals surface area contributed by atoms with Crippen LogP contribution in [0.2, 0.25) is 17.6 Å². The van der Waals surface area contributed by atoms with E-state index in [4.69, 9.17) is 9.47 Å². The molecule has 0 aliphatic carbocycles. The van der Waals surface area contributed by atoms with Gasteiger partial charge in [0, 0.05) is 36.2 Å². The minimum Gasteiger partial charge on any atom is -0.385 e. The molecule has 0 heterocycles. The summed E-state index contributed by atoms with van der Waals surface area (Å²) in [6.07, 6.45) is 0. The van der Waals surface area contributed by atoms with Crippen molar-refractivity contribution in [1.82, 2.24) is 0 Å². The maximum Gasteiger partial charge on any atom is 0.0440 e. The highest BCUT2D eigenvalue weighted by Gasteiger charge is 2.14. The largest absolute Gasteiger partial charge is 0.385 e. The first-order valence-electron chi connectivity index (χ1n) is 4.70. The van der Waals surface area contributed by atoms with Gasteiger partial charge in [-0.05, 0) is 12.1 Å². The van der Waals surface area contributed by atoms with Crippen LogP contribution in [0.5, 0.6) is 0 Å². The molecule has 0 amide bonds. The van der Waals surface area contributed by atoms with Crippen molar-refractivity contribution >= 4 is 8.80 Å². The van der Waals surface area contributed by atoms with Crippen LogP contribution in [0.1, 0.15) is 13.8 Å². The fourth-order valence-corrected chi connectivity index (χ4v) is 4.05. The van der Waals surface area contributed by atoms with Crippen LogP contribution in [0.3, 0.4) is 0 Å². The Labute approximate surface area is 77.9 Å². The van der Waals surface area contributed by atoms with Gasteiger partial charge in [0.15, 0.2) is 0 Å². The highest BCUT2D eigenvalue weighted by Crippen LogP contribution is 2.15. The molecule has 0 N–H and O–H groups in total. The number of hydrogen-bond donors (Lipinski definition) is 0. The molecular formula is C9H22O2Si. The summed E-state index contributed by atoms with van der Waals surface area (Å²) in [5.74, 6) is 0. The highest BCUT2D eigenvalue weighted by molar-refractivity contribution is 6.60. The van der Waals surface area contributed by atoms with Crippen LogP contribution in [0.25, 0.3) is 0 Å². The molecule has 12 heavy (non-hydrogen) atoms. The lowest BCUT2D eigenvalue weighted by Crippen LogP contribution is -2.20. The number of ether oxygens (including phenoxy) is 2. The van der Waals surface area contributed by atoms with Crippen molar-refractivity contribution in [3.05, 3.63) is 0 Å². The molecule has 0 unspecified atom stereocenters. The normalized spacial score (nSPS) is 11.5. The van der Waals surface area contributed by atoms with Crippen LogP contribution < -0.4 is 0 Å². The Balaban J connectivity index is 3.55. The van der Waals surface area contributed by atoms with E-state index in [2.05, 4.69) is 13.8 Å². The summed E-state index contributed by atoms with van der Waals surface area (Å²) in [6.45, 7) is 6.50. The molecule has 0 spiro atoms. The van der Waals surface area contributed by atoms with Crippen molar-refractivity contribution in [3.8, 4) is 0 Å². The molecule has 0 bridgehead atoms. The van der Waals surface area contributed by atoms with Crippen LogP contribution in [0.15, 0.2) is 0 Å². The summed E-state index contributed by atoms with van der Waals surface area (Å²) >= 11 is 0. The van der Waals surface area contributed by atoms with Gasteiger partial charge in [-0.2, -0.15) is 0 Å². The average Bonchev–Trinajstić information content (AvgIpc) is 2.04. The lowest BCUT2D eigenvalue weighted by molar-refractivity contribution is 0.208. The van der Waals surface area contributed by atoms with Gasteiger partial charge in [0.1, 0.15) is 0 Å². The van der Waals surface area contributed by atoms with Gasteiger partial charge < -0.3 is 9.47 Å². The van der Waals surface area contributed by atoms with Gasteiger partial charge in [-0.25, -0.2) is 0 Å². The molecule has 0 aromatic heterocycles. The van der Waals surface area contributed by atoms with Crippen LogP contribution in [-0.2, 0) is 9.47 Å². The molecule has 0 aliphatic heterocycles. The van der Waals surface area contributed by atoms with Crippen molar-refractivity contribution in [2.24, 2.45) is 0 Å². The second-order valence-corrected chi connectivity index (χ2v) is 7.58. The van der Waals surface area contributed by atoms with Crippen molar-refractivity contribution in [2.45, 2.75) is 31.5 Å². The Kier molecular flexibility index (Phi) is 7.86. The second kappa shape index (κ2) is 7.77. The molecule has 0 aromatic carbocycles. The summed E-state index contributed by atoms with van der Waals surface area (Å²) in [6, 6.07) is 2.58. The molecule has 0 atom stereocenters. The monoisotopic (exact) mass is 190 g/mol. The molecule has 0 aliphatic rings. The van der Waals surface area contributed by atoms with Crippen LogP contribution in [0, 0.1) is 0 Å². The van der Waals surface area contributed by atoms with E-state index in [0.29, 0.717) is 0 Å². The van der Waals surface area contributed by atoms with E-state index >= 15 is 0 Å². The van der Waals surface area contributed by atoms with E-state index in [-0.39, 0.29) is 0 Å². The standard InChI is InChI=1S/C9H22O2Si/c1-9(2)12(7-5-10-3)8-6-11-4/h9,12H,5-8H2,1-4H3. The van der Waals surface area contributed by atoms with Gasteiger partial charge in [0.2, 0.25) is 0 Å². The van der Waals surface area contributed by atoms with E-state index in [0.717, 1.165) is 18.8 Å². The third-order valence-electron chi connectivity index (χ3n) is 2.33. The van der Waals surface area contributed by atoms with Gasteiger partial charge in [-0.1, -0.05) is 19.4 Å². The zero-order valence-electron chi connectivity index (χ0n) is 8.80. The van der Waals surface area contributed by atoms with Gasteiger partial charge in [-0.3, -0.25) is 0 Å². The Hall–Kier alpha value is 0.137. The van der Waals surface area contributed by atoms with Gasteiger partial charge in [0.25, 0.3) is 0 Å². The quantitative estimate of drug-likeness (QED) is 0.571. The van der Waals surface area contributed by atoms with Crippen LogP contribution in [0.4, 0.5) is 0 Å². The maximum absolute atomic E-state index is 5.10. The predicted molar refractivity (Wildman–Crippen MR) is 55.6 cm³/mol. The van der Waals surface area contributed by atoms with Crippen molar-refractivity contribution < 1.29 is 9.47 Å². The third kappa shape index (κ3) is 5.74. The fraction of sp³-hybridized carbons (Fsp3) is 1.00. The molecule has 0 aromatic rings. The highest BCUT2D eigenvalue weighted by atomic mass is 28.3. The molecule has 3 heteroatoms. The van der Waals surface area contributed by atoms with Gasteiger partial charge in [0.05, 0.1) is 0 Å². The predicted octanol–water partition coefficient (Wildman–Crippen LogP) is 1.92. The molecule has 74 valence electrons. The number of rotatable bonds is 7. The van der Waals surface area contributed by atoms with Gasteiger partial charge >= 0.3 is 0 Å². The summed E-state index contributed by atoms with van der Waals surface area (Å²) in [7, 11) is 2.97. The smallest absolute Gasteiger partial charge is 0.0440 e. The minimum absolute atomic E-state index is 0.592. The first-order chi connectivity index (χ1) is 5.72. The van der Waals surface area contributed by atoms with E-state index < -0.39 is 8.80 Å². The molecule has 0 fully saturated rings. The summed E-state index contributed by atoms with van der Waals surface area (Å²) < 4.78 is 10.2. The SMILES string of the molecule is COCC[SiH](CCOC)C(C)C. The topological polar surface area (TPSA) is 18.5 Å². The second-order valence-electron chi connectivity index (χ2n) is 3.57. The Morgan fingerprint density at radius 3 is 1.67 bits per heavy atom. The summed E-state index contributed by atoms with van der Waals surface area (Å²) in [5, 5.41) is 0. The van der Waals surface area contributed by atoms with Crippen LogP contribution in [-0.4, -0.2) is 36.2 Å². The number of methoxy groups -OCH3 is 2. The maximum atomic E-state index is 5.10. The van der Waals surface area contributed by atoms with Crippen LogP contribution >= 0.6 is 0 Å². The Morgan fingerprint density at radius 1 is 1.00 bits per heavy atom. The molecule has 0 radical (unpaired) electrons. The molecule has 2 nitrogen and oxygen atoms in total. The molecule has 0 saturated carbocycles. The summed E-state index contributed by atoms with van der Waals surface area (Å²) in [5.41, 5.74) is 0.871. The van der Waals surface area contributed by atoms with Crippen molar-refractivity contribution in [2.75, 3.05) is 27.4 Å². The van der Waals surface area contributed by atoms with Crippen molar-refractivity contribution in [1.29, 1.82) is 0 Å². The lowest BCUT2D eigenvalue weighted by Gasteiger charge is -2.17. The zero-order valence-corrected chi connectivity index (χ0v) is 9.95. The van der Waals surface area contributed by atoms with E-state index in [1.54, 1.807) is 14.2 Å². The zero-order chi connectivity index (χ0) is 9.40. The Bertz CT molecular complexity index is 88.5. The molecule has 0 saturated heterocycles. The minimum atomic E-state index is -0.592. The molecular weight excluding hydrogens is 168 g/mol. The van der Waals surface area contributed by atoms with E-state index in [1.807, 2.05) is 0 Å². The molecule has 0 rings (SSSR count). The fourth-order valence-electron chi connectivity index (χ4n) is 1.35. The first kappa shape index (κ1) is 12.1.